The van der Waals surface area contributed by atoms with Crippen LogP contribution in [0, 0.1) is 12.1 Å². The number of fused-ring (bicyclic) bond motifs is 2. The van der Waals surface area contributed by atoms with Gasteiger partial charge in [-0.05, 0) is 24.8 Å². The molecule has 0 aliphatic carbocycles. The van der Waals surface area contributed by atoms with Crippen molar-refractivity contribution in [3.8, 4) is 0 Å². The minimum absolute atomic E-state index is 0.0246. The molecule has 0 unspecified atom stereocenters. The fraction of sp³-hybridized carbons (Fsp3) is 0.231. The van der Waals surface area contributed by atoms with Crippen LogP contribution in [-0.4, -0.2) is 20.8 Å². The third-order valence-corrected chi connectivity index (χ3v) is 3.90. The number of benzene rings is 1. The maximum atomic E-state index is 12.4. The van der Waals surface area contributed by atoms with Crippen LogP contribution in [0.5, 0.6) is 0 Å². The lowest BCUT2D eigenvalue weighted by Crippen LogP contribution is -2.37. The maximum absolute atomic E-state index is 12.4. The van der Waals surface area contributed by atoms with Crippen molar-refractivity contribution in [2.24, 2.45) is 7.05 Å². The molecular weight excluding hydrogens is 276 g/mol. The van der Waals surface area contributed by atoms with Crippen LogP contribution in [0.15, 0.2) is 28.2 Å². The van der Waals surface area contributed by atoms with Gasteiger partial charge in [0.1, 0.15) is 5.52 Å². The summed E-state index contributed by atoms with van der Waals surface area (Å²) in [5.41, 5.74) is 1.63. The maximum Gasteiger partial charge on any atom is 0.329 e. The Labute approximate surface area is 118 Å². The van der Waals surface area contributed by atoms with Crippen LogP contribution in [0.3, 0.4) is 0 Å². The van der Waals surface area contributed by atoms with E-state index < -0.39 is 0 Å². The van der Waals surface area contributed by atoms with Crippen LogP contribution in [-0.2, 0) is 7.05 Å². The lowest BCUT2D eigenvalue weighted by atomic mass is 10.2. The van der Waals surface area contributed by atoms with Crippen LogP contribution in [0.4, 0.5) is 0 Å². The minimum Gasteiger partial charge on any atom is -0.618 e. The highest BCUT2D eigenvalue weighted by Crippen LogP contribution is 2.15. The molecule has 3 aromatic rings. The van der Waals surface area contributed by atoms with Crippen LogP contribution in [0.25, 0.3) is 22.2 Å². The van der Waals surface area contributed by atoms with Crippen LogP contribution >= 0.6 is 11.8 Å². The van der Waals surface area contributed by atoms with Crippen molar-refractivity contribution in [1.29, 1.82) is 0 Å². The molecule has 3 rings (SSSR count). The number of nitrogens with zero attached hydrogens (tertiary/aromatic N) is 4. The summed E-state index contributed by atoms with van der Waals surface area (Å²) in [5, 5.41) is 13.0. The molecule has 0 aliphatic heterocycles. The molecule has 7 heteroatoms. The molecule has 0 atom stereocenters. The Bertz CT molecular complexity index is 904. The molecule has 0 saturated carbocycles. The van der Waals surface area contributed by atoms with Gasteiger partial charge in [-0.15, -0.1) is 0 Å². The van der Waals surface area contributed by atoms with Gasteiger partial charge in [-0.3, -0.25) is 9.36 Å². The van der Waals surface area contributed by atoms with Gasteiger partial charge in [0.05, 0.1) is 0 Å². The minimum atomic E-state index is -0.384. The molecular formula is C13H12N4O2S. The van der Waals surface area contributed by atoms with Gasteiger partial charge in [-0.2, -0.15) is 9.71 Å². The standard InChI is InChI=1S/C13H12N4O2S/c1-7-4-5-8-9(6-7)17(19)10-11(14-8)15-13(20-3)16(2)12(10)18/h4-6H,1-3H3. The van der Waals surface area contributed by atoms with Crippen molar-refractivity contribution in [3.05, 3.63) is 39.3 Å². The second kappa shape index (κ2) is 4.45. The summed E-state index contributed by atoms with van der Waals surface area (Å²) in [6, 6.07) is 5.35. The zero-order chi connectivity index (χ0) is 14.4. The summed E-state index contributed by atoms with van der Waals surface area (Å²) < 4.78 is 1.99. The number of thioether (sulfide) groups is 1. The highest BCUT2D eigenvalue weighted by Gasteiger charge is 2.20. The zero-order valence-electron chi connectivity index (χ0n) is 11.2. The van der Waals surface area contributed by atoms with Crippen LogP contribution < -0.4 is 10.3 Å². The lowest BCUT2D eigenvalue weighted by molar-refractivity contribution is -0.549. The average molecular weight is 288 g/mol. The fourth-order valence-corrected chi connectivity index (χ4v) is 2.66. The summed E-state index contributed by atoms with van der Waals surface area (Å²) in [6.07, 6.45) is 1.82. The topological polar surface area (TPSA) is 74.7 Å². The van der Waals surface area contributed by atoms with E-state index in [1.807, 2.05) is 19.2 Å². The molecule has 0 amide bonds. The van der Waals surface area contributed by atoms with Gasteiger partial charge in [0.15, 0.2) is 5.16 Å². The number of aromatic nitrogens is 4. The second-order valence-corrected chi connectivity index (χ2v) is 5.31. The average Bonchev–Trinajstić information content (AvgIpc) is 2.43. The first kappa shape index (κ1) is 12.9. The molecule has 0 bridgehead atoms. The quantitative estimate of drug-likeness (QED) is 0.221. The first-order valence-electron chi connectivity index (χ1n) is 5.97. The first-order chi connectivity index (χ1) is 9.52. The molecule has 2 aromatic heterocycles. The second-order valence-electron chi connectivity index (χ2n) is 4.53. The van der Waals surface area contributed by atoms with Crippen molar-refractivity contribution in [2.45, 2.75) is 12.1 Å². The van der Waals surface area contributed by atoms with E-state index in [9.17, 15) is 10.0 Å². The van der Waals surface area contributed by atoms with Crippen LogP contribution in [0.2, 0.25) is 0 Å². The van der Waals surface area contributed by atoms with E-state index in [4.69, 9.17) is 0 Å². The third-order valence-electron chi connectivity index (χ3n) is 3.17. The van der Waals surface area contributed by atoms with Crippen molar-refractivity contribution < 1.29 is 4.73 Å². The molecule has 0 saturated heterocycles. The third kappa shape index (κ3) is 1.74. The summed E-state index contributed by atoms with van der Waals surface area (Å²) >= 11 is 1.34. The molecule has 6 nitrogen and oxygen atoms in total. The molecule has 0 radical (unpaired) electrons. The number of aryl methyl sites for hydroxylation is 1. The Kier molecular flexibility index (Phi) is 2.86. The van der Waals surface area contributed by atoms with Crippen LogP contribution in [0.1, 0.15) is 5.56 Å². The van der Waals surface area contributed by atoms with Gasteiger partial charge in [0, 0.05) is 13.1 Å². The van der Waals surface area contributed by atoms with E-state index in [1.54, 1.807) is 19.2 Å². The van der Waals surface area contributed by atoms with Gasteiger partial charge in [-0.25, -0.2) is 4.98 Å². The Morgan fingerprint density at radius 2 is 2.10 bits per heavy atom. The molecule has 0 N–H and O–H groups in total. The molecule has 2 heterocycles. The number of hydrogen-bond acceptors (Lipinski definition) is 5. The van der Waals surface area contributed by atoms with Crippen molar-refractivity contribution >= 4 is 34.0 Å². The molecule has 102 valence electrons. The SMILES string of the molecule is CSc1nc2nc3ccc(C)cc3[n+]([O-])c2c(=O)n1C. The van der Waals surface area contributed by atoms with Crippen molar-refractivity contribution in [1.82, 2.24) is 14.5 Å². The zero-order valence-corrected chi connectivity index (χ0v) is 12.1. The molecule has 20 heavy (non-hydrogen) atoms. The van der Waals surface area contributed by atoms with Crippen molar-refractivity contribution in [2.75, 3.05) is 6.26 Å². The van der Waals surface area contributed by atoms with Gasteiger partial charge in [-0.1, -0.05) is 17.8 Å². The van der Waals surface area contributed by atoms with Gasteiger partial charge in [0.2, 0.25) is 11.2 Å². The number of rotatable bonds is 1. The number of hydrogen-bond donors (Lipinski definition) is 0. The highest BCUT2D eigenvalue weighted by molar-refractivity contribution is 7.98. The summed E-state index contributed by atoms with van der Waals surface area (Å²) in [4.78, 5) is 20.9. The van der Waals surface area contributed by atoms with E-state index in [-0.39, 0.29) is 16.7 Å². The smallest absolute Gasteiger partial charge is 0.329 e. The molecule has 1 aromatic carbocycles. The van der Waals surface area contributed by atoms with E-state index in [0.29, 0.717) is 20.9 Å². The normalized spacial score (nSPS) is 11.3. The van der Waals surface area contributed by atoms with Crippen molar-refractivity contribution in [3.63, 3.8) is 0 Å². The monoisotopic (exact) mass is 288 g/mol. The highest BCUT2D eigenvalue weighted by atomic mass is 32.2. The van der Waals surface area contributed by atoms with Gasteiger partial charge in [0.25, 0.3) is 0 Å². The van der Waals surface area contributed by atoms with E-state index in [1.165, 1.54) is 16.3 Å². The molecule has 0 spiro atoms. The summed E-state index contributed by atoms with van der Waals surface area (Å²) in [7, 11) is 1.60. The predicted octanol–water partition coefficient (Wildman–Crippen LogP) is 1.15. The predicted molar refractivity (Wildman–Crippen MR) is 77.8 cm³/mol. The Balaban J connectivity index is 2.57. The van der Waals surface area contributed by atoms with E-state index in [0.717, 1.165) is 5.56 Å². The van der Waals surface area contributed by atoms with Gasteiger partial charge < -0.3 is 5.21 Å². The largest absolute Gasteiger partial charge is 0.618 e. The summed E-state index contributed by atoms with van der Waals surface area (Å²) in [5.74, 6) is 0. The lowest BCUT2D eigenvalue weighted by Gasteiger charge is -2.08. The Morgan fingerprint density at radius 3 is 2.80 bits per heavy atom. The fourth-order valence-electron chi connectivity index (χ4n) is 2.12. The Morgan fingerprint density at radius 1 is 1.35 bits per heavy atom. The van der Waals surface area contributed by atoms with E-state index >= 15 is 0 Å². The molecule has 0 aliphatic rings. The molecule has 0 fully saturated rings. The summed E-state index contributed by atoms with van der Waals surface area (Å²) in [6.45, 7) is 1.89. The van der Waals surface area contributed by atoms with Gasteiger partial charge >= 0.3 is 11.1 Å². The Hall–Kier alpha value is -2.15. The van der Waals surface area contributed by atoms with E-state index in [2.05, 4.69) is 9.97 Å². The first-order valence-corrected chi connectivity index (χ1v) is 7.20.